The van der Waals surface area contributed by atoms with Crippen LogP contribution in [-0.4, -0.2) is 5.76 Å². The van der Waals surface area contributed by atoms with Crippen molar-refractivity contribution in [1.82, 2.24) is 0 Å². The predicted octanol–water partition coefficient (Wildman–Crippen LogP) is 5.45. The molecule has 0 amide bonds. The Morgan fingerprint density at radius 2 is 1.62 bits per heavy atom. The van der Waals surface area contributed by atoms with Gasteiger partial charge in [0, 0.05) is 22.7 Å². The molecule has 1 nitrogen and oxygen atoms in total. The first-order valence-electron chi connectivity index (χ1n) is 6.22. The zero-order valence-corrected chi connectivity index (χ0v) is 11.9. The van der Waals surface area contributed by atoms with Crippen LogP contribution < -0.4 is 5.32 Å². The highest BCUT2D eigenvalue weighted by molar-refractivity contribution is 7.99. The third kappa shape index (κ3) is 4.39. The molecule has 112 valence electrons. The summed E-state index contributed by atoms with van der Waals surface area (Å²) < 4.78 is 51.4. The van der Waals surface area contributed by atoms with Gasteiger partial charge in [-0.25, -0.2) is 8.78 Å². The monoisotopic (exact) mass is 315 g/mol. The third-order valence-corrected chi connectivity index (χ3v) is 3.65. The molecule has 21 heavy (non-hydrogen) atoms. The van der Waals surface area contributed by atoms with E-state index in [2.05, 4.69) is 5.32 Å². The van der Waals surface area contributed by atoms with E-state index in [1.54, 1.807) is 31.2 Å². The Hall–Kier alpha value is -1.69. The molecule has 0 aromatic heterocycles. The Morgan fingerprint density at radius 3 is 2.24 bits per heavy atom. The fraction of sp³-hybridized carbons (Fsp3) is 0.200. The van der Waals surface area contributed by atoms with E-state index in [1.807, 2.05) is 0 Å². The largest absolute Gasteiger partial charge is 0.378 e. The summed E-state index contributed by atoms with van der Waals surface area (Å²) >= 11 is 0.425. The summed E-state index contributed by atoms with van der Waals surface area (Å²) in [4.78, 5) is 0.385. The second-order valence-electron chi connectivity index (χ2n) is 4.44. The fourth-order valence-electron chi connectivity index (χ4n) is 1.93. The number of nitrogens with one attached hydrogen (secondary N) is 1. The first-order chi connectivity index (χ1) is 9.95. The first kappa shape index (κ1) is 15.7. The fourth-order valence-corrected chi connectivity index (χ4v) is 2.53. The number of hydrogen-bond acceptors (Lipinski definition) is 2. The molecule has 0 bridgehead atoms. The van der Waals surface area contributed by atoms with Gasteiger partial charge in [-0.3, -0.25) is 0 Å². The van der Waals surface area contributed by atoms with Gasteiger partial charge in [-0.2, -0.15) is 8.78 Å². The van der Waals surface area contributed by atoms with Crippen molar-refractivity contribution in [1.29, 1.82) is 0 Å². The van der Waals surface area contributed by atoms with Crippen LogP contribution >= 0.6 is 11.8 Å². The van der Waals surface area contributed by atoms with E-state index in [1.165, 1.54) is 12.1 Å². The van der Waals surface area contributed by atoms with Crippen LogP contribution in [0.2, 0.25) is 0 Å². The molecule has 2 rings (SSSR count). The van der Waals surface area contributed by atoms with Crippen LogP contribution in [0.15, 0.2) is 47.4 Å². The van der Waals surface area contributed by atoms with Gasteiger partial charge >= 0.3 is 0 Å². The standard InChI is InChI=1S/C15H13F4NS/c1-9(10-6-11(16)8-12(17)7-10)20-13-4-2-3-5-14(13)21-15(18)19/h2-9,15,20H,1H3. The van der Waals surface area contributed by atoms with Gasteiger partial charge < -0.3 is 5.32 Å². The molecule has 6 heteroatoms. The zero-order valence-electron chi connectivity index (χ0n) is 11.1. The zero-order chi connectivity index (χ0) is 15.4. The van der Waals surface area contributed by atoms with Crippen molar-refractivity contribution in [2.24, 2.45) is 0 Å². The molecule has 2 aromatic carbocycles. The van der Waals surface area contributed by atoms with Crippen molar-refractivity contribution in [3.05, 3.63) is 59.7 Å². The van der Waals surface area contributed by atoms with E-state index >= 15 is 0 Å². The Morgan fingerprint density at radius 1 is 1.00 bits per heavy atom. The Balaban J connectivity index is 2.21. The molecule has 1 unspecified atom stereocenters. The lowest BCUT2D eigenvalue weighted by atomic mass is 10.1. The number of anilines is 1. The first-order valence-corrected chi connectivity index (χ1v) is 7.10. The van der Waals surface area contributed by atoms with Crippen molar-refractivity contribution in [3.8, 4) is 0 Å². The minimum atomic E-state index is -2.53. The van der Waals surface area contributed by atoms with Crippen LogP contribution in [-0.2, 0) is 0 Å². The van der Waals surface area contributed by atoms with Gasteiger partial charge in [-0.1, -0.05) is 23.9 Å². The molecule has 1 atom stereocenters. The molecule has 2 aromatic rings. The second-order valence-corrected chi connectivity index (χ2v) is 5.48. The van der Waals surface area contributed by atoms with Crippen LogP contribution in [0.4, 0.5) is 23.2 Å². The number of rotatable bonds is 5. The third-order valence-electron chi connectivity index (χ3n) is 2.86. The maximum absolute atomic E-state index is 13.2. The Kier molecular flexibility index (Phi) is 5.12. The highest BCUT2D eigenvalue weighted by atomic mass is 32.2. The van der Waals surface area contributed by atoms with Crippen molar-refractivity contribution in [2.75, 3.05) is 5.32 Å². The van der Waals surface area contributed by atoms with Crippen LogP contribution in [0, 0.1) is 11.6 Å². The van der Waals surface area contributed by atoms with E-state index in [9.17, 15) is 17.6 Å². The molecule has 0 heterocycles. The van der Waals surface area contributed by atoms with E-state index < -0.39 is 23.4 Å². The molecule has 0 aliphatic rings. The van der Waals surface area contributed by atoms with Crippen LogP contribution in [0.25, 0.3) is 0 Å². The normalized spacial score (nSPS) is 12.5. The van der Waals surface area contributed by atoms with Gasteiger partial charge in [0.25, 0.3) is 5.76 Å². The minimum absolute atomic E-state index is 0.385. The summed E-state index contributed by atoms with van der Waals surface area (Å²) in [6.07, 6.45) is 0. The molecular formula is C15H13F4NS. The average Bonchev–Trinajstić information content (AvgIpc) is 2.39. The highest BCUT2D eigenvalue weighted by Crippen LogP contribution is 2.33. The maximum Gasteiger partial charge on any atom is 0.288 e. The molecule has 1 N–H and O–H groups in total. The summed E-state index contributed by atoms with van der Waals surface area (Å²) in [6.45, 7) is 1.71. The van der Waals surface area contributed by atoms with Crippen molar-refractivity contribution < 1.29 is 17.6 Å². The number of halogens is 4. The lowest BCUT2D eigenvalue weighted by Crippen LogP contribution is -2.08. The van der Waals surface area contributed by atoms with Gasteiger partial charge in [0.2, 0.25) is 0 Å². The van der Waals surface area contributed by atoms with Gasteiger partial charge in [0.15, 0.2) is 0 Å². The molecule has 0 saturated heterocycles. The molecule has 0 spiro atoms. The van der Waals surface area contributed by atoms with Crippen molar-refractivity contribution in [2.45, 2.75) is 23.6 Å². The molecule has 0 aliphatic heterocycles. The maximum atomic E-state index is 13.2. The summed E-state index contributed by atoms with van der Waals surface area (Å²) in [5.41, 5.74) is 0.907. The van der Waals surface area contributed by atoms with Gasteiger partial charge in [0.05, 0.1) is 0 Å². The van der Waals surface area contributed by atoms with Gasteiger partial charge in [-0.15, -0.1) is 0 Å². The second kappa shape index (κ2) is 6.85. The summed E-state index contributed by atoms with van der Waals surface area (Å²) in [6, 6.07) is 9.37. The Labute approximate surface area is 124 Å². The average molecular weight is 315 g/mol. The number of benzene rings is 2. The van der Waals surface area contributed by atoms with E-state index in [-0.39, 0.29) is 0 Å². The summed E-state index contributed by atoms with van der Waals surface area (Å²) in [5, 5.41) is 3.00. The number of para-hydroxylation sites is 1. The van der Waals surface area contributed by atoms with Crippen molar-refractivity contribution >= 4 is 17.4 Å². The van der Waals surface area contributed by atoms with Crippen LogP contribution in [0.3, 0.4) is 0 Å². The summed E-state index contributed by atoms with van der Waals surface area (Å²) in [5.74, 6) is -3.88. The molecule has 0 aliphatic carbocycles. The number of thioether (sulfide) groups is 1. The summed E-state index contributed by atoms with van der Waals surface area (Å²) in [7, 11) is 0. The Bertz CT molecular complexity index is 598. The lowest BCUT2D eigenvalue weighted by Gasteiger charge is -2.18. The molecule has 0 radical (unpaired) electrons. The predicted molar refractivity (Wildman–Crippen MR) is 76.7 cm³/mol. The highest BCUT2D eigenvalue weighted by Gasteiger charge is 2.13. The van der Waals surface area contributed by atoms with E-state index in [0.717, 1.165) is 6.07 Å². The molecule has 0 fully saturated rings. The van der Waals surface area contributed by atoms with Gasteiger partial charge in [0.1, 0.15) is 11.6 Å². The molecular weight excluding hydrogens is 302 g/mol. The van der Waals surface area contributed by atoms with E-state index in [4.69, 9.17) is 0 Å². The molecule has 0 saturated carbocycles. The lowest BCUT2D eigenvalue weighted by molar-refractivity contribution is 0.252. The van der Waals surface area contributed by atoms with Crippen molar-refractivity contribution in [3.63, 3.8) is 0 Å². The minimum Gasteiger partial charge on any atom is -0.378 e. The number of hydrogen-bond donors (Lipinski definition) is 1. The SMILES string of the molecule is CC(Nc1ccccc1SC(F)F)c1cc(F)cc(F)c1. The van der Waals surface area contributed by atoms with Crippen LogP contribution in [0.5, 0.6) is 0 Å². The number of alkyl halides is 2. The van der Waals surface area contributed by atoms with Gasteiger partial charge in [-0.05, 0) is 36.8 Å². The smallest absolute Gasteiger partial charge is 0.288 e. The van der Waals surface area contributed by atoms with E-state index in [0.29, 0.717) is 27.9 Å². The topological polar surface area (TPSA) is 12.0 Å². The quantitative estimate of drug-likeness (QED) is 0.581. The van der Waals surface area contributed by atoms with Crippen LogP contribution in [0.1, 0.15) is 18.5 Å².